The third kappa shape index (κ3) is 2.42. The van der Waals surface area contributed by atoms with E-state index in [1.54, 1.807) is 7.11 Å². The van der Waals surface area contributed by atoms with Crippen LogP contribution in [0.3, 0.4) is 0 Å². The summed E-state index contributed by atoms with van der Waals surface area (Å²) in [5.41, 5.74) is 1.40. The third-order valence-corrected chi connectivity index (χ3v) is 5.60. The highest BCUT2D eigenvalue weighted by Gasteiger charge is 2.35. The number of rotatable bonds is 4. The molecular formula is C16H22N2OS. The smallest absolute Gasteiger partial charge is 0.120 e. The maximum atomic E-state index is 5.32. The van der Waals surface area contributed by atoms with Crippen LogP contribution in [0, 0.1) is 0 Å². The lowest BCUT2D eigenvalue weighted by atomic mass is 9.76. The standard InChI is InChI=1S/C16H22N2OS/c1-3-6-16(7-9-17-10-8-16)15-18-13-5-4-12(19-2)11-14(13)20-15/h4-5,11,17H,3,6-10H2,1-2H3. The predicted octanol–water partition coefficient (Wildman–Crippen LogP) is 3.73. The van der Waals surface area contributed by atoms with Gasteiger partial charge in [0.2, 0.25) is 0 Å². The van der Waals surface area contributed by atoms with Crippen LogP contribution in [0.5, 0.6) is 5.75 Å². The van der Waals surface area contributed by atoms with E-state index >= 15 is 0 Å². The summed E-state index contributed by atoms with van der Waals surface area (Å²) in [6, 6.07) is 6.19. The summed E-state index contributed by atoms with van der Waals surface area (Å²) in [5.74, 6) is 0.919. The molecule has 1 fully saturated rings. The Morgan fingerprint density at radius 2 is 2.15 bits per heavy atom. The topological polar surface area (TPSA) is 34.1 Å². The fourth-order valence-electron chi connectivity index (χ4n) is 3.21. The van der Waals surface area contributed by atoms with Crippen LogP contribution >= 0.6 is 11.3 Å². The number of nitrogens with one attached hydrogen (secondary N) is 1. The molecule has 0 unspecified atom stereocenters. The van der Waals surface area contributed by atoms with Gasteiger partial charge in [-0.3, -0.25) is 0 Å². The van der Waals surface area contributed by atoms with Gasteiger partial charge >= 0.3 is 0 Å². The summed E-state index contributed by atoms with van der Waals surface area (Å²) >= 11 is 1.85. The number of methoxy groups -OCH3 is 1. The van der Waals surface area contributed by atoms with Crippen LogP contribution in [0.2, 0.25) is 0 Å². The summed E-state index contributed by atoms with van der Waals surface area (Å²) in [6.07, 6.45) is 4.88. The normalized spacial score (nSPS) is 18.3. The number of benzene rings is 1. The second kappa shape index (κ2) is 5.70. The Labute approximate surface area is 124 Å². The van der Waals surface area contributed by atoms with E-state index in [1.165, 1.54) is 35.4 Å². The van der Waals surface area contributed by atoms with Crippen molar-refractivity contribution >= 4 is 21.6 Å². The van der Waals surface area contributed by atoms with Crippen molar-refractivity contribution < 1.29 is 4.74 Å². The van der Waals surface area contributed by atoms with E-state index in [1.807, 2.05) is 17.4 Å². The van der Waals surface area contributed by atoms with Gasteiger partial charge in [0.25, 0.3) is 0 Å². The van der Waals surface area contributed by atoms with Crippen LogP contribution in [0.4, 0.5) is 0 Å². The molecule has 20 heavy (non-hydrogen) atoms. The Balaban J connectivity index is 2.02. The van der Waals surface area contributed by atoms with Crippen LogP contribution in [0.15, 0.2) is 18.2 Å². The molecule has 0 spiro atoms. The quantitative estimate of drug-likeness (QED) is 0.931. The van der Waals surface area contributed by atoms with Gasteiger partial charge in [0.1, 0.15) is 10.8 Å². The Bertz CT molecular complexity index is 582. The molecule has 3 nitrogen and oxygen atoms in total. The fraction of sp³-hybridized carbons (Fsp3) is 0.562. The van der Waals surface area contributed by atoms with Crippen molar-refractivity contribution in [1.29, 1.82) is 0 Å². The molecule has 0 saturated carbocycles. The van der Waals surface area contributed by atoms with E-state index in [4.69, 9.17) is 9.72 Å². The number of fused-ring (bicyclic) bond motifs is 1. The van der Waals surface area contributed by atoms with E-state index in [9.17, 15) is 0 Å². The van der Waals surface area contributed by atoms with Crippen molar-refractivity contribution in [1.82, 2.24) is 10.3 Å². The summed E-state index contributed by atoms with van der Waals surface area (Å²) in [7, 11) is 1.72. The minimum absolute atomic E-state index is 0.289. The highest BCUT2D eigenvalue weighted by atomic mass is 32.1. The number of nitrogens with zero attached hydrogens (tertiary/aromatic N) is 1. The molecule has 0 amide bonds. The number of aromatic nitrogens is 1. The van der Waals surface area contributed by atoms with Gasteiger partial charge in [-0.1, -0.05) is 13.3 Å². The lowest BCUT2D eigenvalue weighted by molar-refractivity contribution is 0.285. The molecule has 1 aromatic heterocycles. The second-order valence-corrected chi connectivity index (χ2v) is 6.66. The monoisotopic (exact) mass is 290 g/mol. The summed E-state index contributed by atoms with van der Waals surface area (Å²) in [6.45, 7) is 4.50. The molecule has 1 N–H and O–H groups in total. The summed E-state index contributed by atoms with van der Waals surface area (Å²) in [4.78, 5) is 4.94. The molecule has 3 rings (SSSR count). The molecule has 1 aromatic carbocycles. The number of thiazole rings is 1. The molecule has 0 radical (unpaired) electrons. The van der Waals surface area contributed by atoms with Gasteiger partial charge in [0.05, 0.1) is 17.3 Å². The Morgan fingerprint density at radius 3 is 2.85 bits per heavy atom. The maximum absolute atomic E-state index is 5.32. The van der Waals surface area contributed by atoms with E-state index in [0.717, 1.165) is 24.4 Å². The fourth-order valence-corrected chi connectivity index (χ4v) is 4.48. The number of piperidine rings is 1. The first-order valence-electron chi connectivity index (χ1n) is 7.43. The SMILES string of the molecule is CCCC1(c2nc3ccc(OC)cc3s2)CCNCC1. The molecule has 0 aliphatic carbocycles. The van der Waals surface area contributed by atoms with E-state index in [0.29, 0.717) is 0 Å². The van der Waals surface area contributed by atoms with Crippen molar-refractivity contribution in [3.05, 3.63) is 23.2 Å². The second-order valence-electron chi connectivity index (χ2n) is 5.63. The zero-order valence-electron chi connectivity index (χ0n) is 12.2. The van der Waals surface area contributed by atoms with Gasteiger partial charge in [0, 0.05) is 5.41 Å². The molecule has 2 heterocycles. The Morgan fingerprint density at radius 1 is 1.35 bits per heavy atom. The molecule has 108 valence electrons. The third-order valence-electron chi connectivity index (χ3n) is 4.34. The van der Waals surface area contributed by atoms with Crippen molar-refractivity contribution in [3.63, 3.8) is 0 Å². The first-order chi connectivity index (χ1) is 9.77. The van der Waals surface area contributed by atoms with Crippen LogP contribution in [-0.2, 0) is 5.41 Å². The average Bonchev–Trinajstić information content (AvgIpc) is 2.92. The van der Waals surface area contributed by atoms with Gasteiger partial charge in [-0.05, 0) is 50.6 Å². The lowest BCUT2D eigenvalue weighted by Crippen LogP contribution is -2.39. The molecule has 0 atom stereocenters. The van der Waals surface area contributed by atoms with Crippen LogP contribution < -0.4 is 10.1 Å². The molecule has 1 saturated heterocycles. The van der Waals surface area contributed by atoms with E-state index in [-0.39, 0.29) is 5.41 Å². The largest absolute Gasteiger partial charge is 0.497 e. The van der Waals surface area contributed by atoms with E-state index < -0.39 is 0 Å². The predicted molar refractivity (Wildman–Crippen MR) is 84.9 cm³/mol. The minimum Gasteiger partial charge on any atom is -0.497 e. The van der Waals surface area contributed by atoms with Crippen molar-refractivity contribution in [3.8, 4) is 5.75 Å². The summed E-state index contributed by atoms with van der Waals surface area (Å²) < 4.78 is 6.56. The molecule has 2 aromatic rings. The maximum Gasteiger partial charge on any atom is 0.120 e. The highest BCUT2D eigenvalue weighted by Crippen LogP contribution is 2.42. The number of hydrogen-bond donors (Lipinski definition) is 1. The van der Waals surface area contributed by atoms with Crippen LogP contribution in [-0.4, -0.2) is 25.2 Å². The lowest BCUT2D eigenvalue weighted by Gasteiger charge is -2.35. The van der Waals surface area contributed by atoms with Gasteiger partial charge in [-0.25, -0.2) is 4.98 Å². The Hall–Kier alpha value is -1.13. The molecule has 0 bridgehead atoms. The first-order valence-corrected chi connectivity index (χ1v) is 8.25. The molecule has 1 aliphatic heterocycles. The zero-order valence-corrected chi connectivity index (χ0v) is 13.1. The summed E-state index contributed by atoms with van der Waals surface area (Å²) in [5, 5.41) is 4.80. The van der Waals surface area contributed by atoms with Crippen LogP contribution in [0.1, 0.15) is 37.6 Å². The first kappa shape index (κ1) is 13.8. The van der Waals surface area contributed by atoms with Gasteiger partial charge in [0.15, 0.2) is 0 Å². The Kier molecular flexibility index (Phi) is 3.94. The van der Waals surface area contributed by atoms with Crippen molar-refractivity contribution in [2.24, 2.45) is 0 Å². The molecule has 1 aliphatic rings. The van der Waals surface area contributed by atoms with Crippen molar-refractivity contribution in [2.45, 2.75) is 38.0 Å². The number of ether oxygens (including phenoxy) is 1. The van der Waals surface area contributed by atoms with Crippen LogP contribution in [0.25, 0.3) is 10.2 Å². The minimum atomic E-state index is 0.289. The molecular weight excluding hydrogens is 268 g/mol. The van der Waals surface area contributed by atoms with Gasteiger partial charge < -0.3 is 10.1 Å². The van der Waals surface area contributed by atoms with Crippen molar-refractivity contribution in [2.75, 3.05) is 20.2 Å². The average molecular weight is 290 g/mol. The van der Waals surface area contributed by atoms with E-state index in [2.05, 4.69) is 24.4 Å². The van der Waals surface area contributed by atoms with Gasteiger partial charge in [-0.2, -0.15) is 0 Å². The highest BCUT2D eigenvalue weighted by molar-refractivity contribution is 7.18. The molecule has 4 heteroatoms. The zero-order chi connectivity index (χ0) is 14.0. The van der Waals surface area contributed by atoms with Gasteiger partial charge in [-0.15, -0.1) is 11.3 Å². The number of hydrogen-bond acceptors (Lipinski definition) is 4.